The number of carboxylic acids is 1. The van der Waals surface area contributed by atoms with Crippen molar-refractivity contribution in [3.8, 4) is 6.07 Å². The highest BCUT2D eigenvalue weighted by atomic mass is 16.5. The minimum Gasteiger partial charge on any atom is -0.480 e. The monoisotopic (exact) mass is 288 g/mol. The molecule has 1 aromatic rings. The third kappa shape index (κ3) is 4.04. The van der Waals surface area contributed by atoms with E-state index in [0.717, 1.165) is 0 Å². The largest absolute Gasteiger partial charge is 0.480 e. The second kappa shape index (κ2) is 6.86. The molecule has 0 saturated carbocycles. The third-order valence-electron chi connectivity index (χ3n) is 3.41. The second-order valence-corrected chi connectivity index (χ2v) is 4.98. The lowest BCUT2D eigenvalue weighted by atomic mass is 10.0. The predicted octanol–water partition coefficient (Wildman–Crippen LogP) is 0.707. The molecule has 6 nitrogen and oxygen atoms in total. The molecular weight excluding hydrogens is 272 g/mol. The summed E-state index contributed by atoms with van der Waals surface area (Å²) < 4.78 is 5.12. The molecule has 0 radical (unpaired) electrons. The Hall–Kier alpha value is -2.39. The fraction of sp³-hybridized carbons (Fsp3) is 0.400. The first kappa shape index (κ1) is 15.0. The fourth-order valence-corrected chi connectivity index (χ4v) is 2.23. The number of hydrogen-bond acceptors (Lipinski definition) is 4. The van der Waals surface area contributed by atoms with Crippen LogP contribution < -0.4 is 5.32 Å². The Kier molecular flexibility index (Phi) is 4.90. The molecule has 2 atom stereocenters. The zero-order valence-electron chi connectivity index (χ0n) is 11.4. The first-order chi connectivity index (χ1) is 10.1. The van der Waals surface area contributed by atoms with Crippen molar-refractivity contribution in [2.24, 2.45) is 5.92 Å². The van der Waals surface area contributed by atoms with E-state index in [0.29, 0.717) is 30.8 Å². The van der Waals surface area contributed by atoms with Gasteiger partial charge in [-0.25, -0.2) is 4.79 Å². The van der Waals surface area contributed by atoms with E-state index in [9.17, 15) is 14.7 Å². The molecule has 1 aromatic carbocycles. The van der Waals surface area contributed by atoms with Crippen molar-refractivity contribution in [1.82, 2.24) is 5.32 Å². The lowest BCUT2D eigenvalue weighted by Crippen LogP contribution is -2.45. The second-order valence-electron chi connectivity index (χ2n) is 4.98. The maximum absolute atomic E-state index is 12.0. The molecule has 1 aliphatic rings. The molecule has 0 unspecified atom stereocenters. The van der Waals surface area contributed by atoms with Crippen LogP contribution in [0.3, 0.4) is 0 Å². The van der Waals surface area contributed by atoms with Gasteiger partial charge in [0.1, 0.15) is 6.04 Å². The van der Waals surface area contributed by atoms with Crippen molar-refractivity contribution in [2.45, 2.75) is 18.9 Å². The molecule has 1 amide bonds. The van der Waals surface area contributed by atoms with Gasteiger partial charge in [0.2, 0.25) is 5.91 Å². The zero-order valence-corrected chi connectivity index (χ0v) is 11.4. The third-order valence-corrected chi connectivity index (χ3v) is 3.41. The normalized spacial score (nSPS) is 18.7. The number of carbonyl (C=O) groups excluding carboxylic acids is 1. The lowest BCUT2D eigenvalue weighted by molar-refractivity contribution is -0.142. The summed E-state index contributed by atoms with van der Waals surface area (Å²) in [6, 6.07) is 7.70. The summed E-state index contributed by atoms with van der Waals surface area (Å²) in [5.41, 5.74) is 1.16. The highest BCUT2D eigenvalue weighted by Crippen LogP contribution is 2.13. The van der Waals surface area contributed by atoms with Crippen molar-refractivity contribution in [1.29, 1.82) is 5.26 Å². The Morgan fingerprint density at radius 1 is 1.52 bits per heavy atom. The summed E-state index contributed by atoms with van der Waals surface area (Å²) in [5, 5.41) is 20.6. The number of benzene rings is 1. The molecule has 0 aliphatic carbocycles. The predicted molar refractivity (Wildman–Crippen MR) is 73.4 cm³/mol. The van der Waals surface area contributed by atoms with Crippen LogP contribution >= 0.6 is 0 Å². The van der Waals surface area contributed by atoms with Gasteiger partial charge in [0.15, 0.2) is 0 Å². The first-order valence-corrected chi connectivity index (χ1v) is 6.70. The standard InChI is InChI=1S/C15H16N2O4/c16-8-11-3-1-2-10(6-11)7-13(15(19)20)17-14(18)12-4-5-21-9-12/h1-3,6,12-13H,4-5,7,9H2,(H,17,18)(H,19,20)/t12-,13-/m0/s1. The maximum Gasteiger partial charge on any atom is 0.326 e. The summed E-state index contributed by atoms with van der Waals surface area (Å²) >= 11 is 0. The summed E-state index contributed by atoms with van der Waals surface area (Å²) in [7, 11) is 0. The van der Waals surface area contributed by atoms with E-state index in [4.69, 9.17) is 10.00 Å². The fourth-order valence-electron chi connectivity index (χ4n) is 2.23. The van der Waals surface area contributed by atoms with Gasteiger partial charge in [0, 0.05) is 13.0 Å². The minimum atomic E-state index is -1.09. The van der Waals surface area contributed by atoms with Crippen LogP contribution in [0.4, 0.5) is 0 Å². The highest BCUT2D eigenvalue weighted by Gasteiger charge is 2.28. The average Bonchev–Trinajstić information content (AvgIpc) is 3.01. The Bertz CT molecular complexity index is 573. The van der Waals surface area contributed by atoms with Crippen LogP contribution in [0.1, 0.15) is 17.5 Å². The minimum absolute atomic E-state index is 0.143. The number of nitriles is 1. The van der Waals surface area contributed by atoms with Crippen LogP contribution in [-0.2, 0) is 20.7 Å². The van der Waals surface area contributed by atoms with Gasteiger partial charge in [-0.2, -0.15) is 5.26 Å². The SMILES string of the molecule is N#Cc1cccc(C[C@H](NC(=O)[C@H]2CCOC2)C(=O)O)c1. The van der Waals surface area contributed by atoms with Crippen molar-refractivity contribution in [3.63, 3.8) is 0 Å². The first-order valence-electron chi connectivity index (χ1n) is 6.70. The van der Waals surface area contributed by atoms with Gasteiger partial charge in [-0.1, -0.05) is 12.1 Å². The number of amides is 1. The van der Waals surface area contributed by atoms with E-state index < -0.39 is 12.0 Å². The van der Waals surface area contributed by atoms with E-state index in [2.05, 4.69) is 5.32 Å². The van der Waals surface area contributed by atoms with Crippen LogP contribution in [0, 0.1) is 17.2 Å². The van der Waals surface area contributed by atoms with Gasteiger partial charge in [-0.15, -0.1) is 0 Å². The summed E-state index contributed by atoms with van der Waals surface area (Å²) in [4.78, 5) is 23.3. The van der Waals surface area contributed by atoms with Crippen LogP contribution in [0.25, 0.3) is 0 Å². The van der Waals surface area contributed by atoms with Crippen molar-refractivity contribution >= 4 is 11.9 Å². The molecule has 1 fully saturated rings. The number of rotatable bonds is 5. The van der Waals surface area contributed by atoms with Crippen LogP contribution in [0.2, 0.25) is 0 Å². The maximum atomic E-state index is 12.0. The number of hydrogen-bond donors (Lipinski definition) is 2. The van der Waals surface area contributed by atoms with E-state index in [1.165, 1.54) is 0 Å². The van der Waals surface area contributed by atoms with Crippen LogP contribution in [0.15, 0.2) is 24.3 Å². The van der Waals surface area contributed by atoms with Gasteiger partial charge in [0.25, 0.3) is 0 Å². The molecule has 0 aromatic heterocycles. The van der Waals surface area contributed by atoms with Gasteiger partial charge >= 0.3 is 5.97 Å². The molecule has 2 rings (SSSR count). The summed E-state index contributed by atoms with van der Waals surface area (Å²) in [5.74, 6) is -1.67. The van der Waals surface area contributed by atoms with Gasteiger partial charge < -0.3 is 15.2 Å². The van der Waals surface area contributed by atoms with E-state index >= 15 is 0 Å². The van der Waals surface area contributed by atoms with Crippen molar-refractivity contribution < 1.29 is 19.4 Å². The number of carbonyl (C=O) groups is 2. The smallest absolute Gasteiger partial charge is 0.326 e. The quantitative estimate of drug-likeness (QED) is 0.831. The van der Waals surface area contributed by atoms with Gasteiger partial charge in [-0.05, 0) is 24.1 Å². The highest BCUT2D eigenvalue weighted by molar-refractivity contribution is 5.85. The van der Waals surface area contributed by atoms with E-state index in [-0.39, 0.29) is 18.2 Å². The Balaban J connectivity index is 2.03. The van der Waals surface area contributed by atoms with Crippen molar-refractivity contribution in [3.05, 3.63) is 35.4 Å². The lowest BCUT2D eigenvalue weighted by Gasteiger charge is -2.17. The Morgan fingerprint density at radius 2 is 2.33 bits per heavy atom. The molecule has 1 saturated heterocycles. The van der Waals surface area contributed by atoms with E-state index in [1.54, 1.807) is 24.3 Å². The van der Waals surface area contributed by atoms with Crippen LogP contribution in [0.5, 0.6) is 0 Å². The Labute approximate surface area is 122 Å². The average molecular weight is 288 g/mol. The molecule has 110 valence electrons. The van der Waals surface area contributed by atoms with E-state index in [1.807, 2.05) is 6.07 Å². The number of ether oxygens (including phenoxy) is 1. The number of carboxylic acid groups (broad SMARTS) is 1. The van der Waals surface area contributed by atoms with Crippen LogP contribution in [-0.4, -0.2) is 36.2 Å². The molecule has 1 aliphatic heterocycles. The topological polar surface area (TPSA) is 99.4 Å². The molecule has 6 heteroatoms. The number of aliphatic carboxylic acids is 1. The zero-order chi connectivity index (χ0) is 15.2. The van der Waals surface area contributed by atoms with Crippen molar-refractivity contribution in [2.75, 3.05) is 13.2 Å². The van der Waals surface area contributed by atoms with Gasteiger partial charge in [0.05, 0.1) is 24.2 Å². The number of nitrogens with one attached hydrogen (secondary N) is 1. The molecule has 2 N–H and O–H groups in total. The number of nitrogens with zero attached hydrogens (tertiary/aromatic N) is 1. The molecule has 0 bridgehead atoms. The molecule has 1 heterocycles. The molecule has 0 spiro atoms. The summed E-state index contributed by atoms with van der Waals surface area (Å²) in [6.45, 7) is 0.863. The Morgan fingerprint density at radius 3 is 2.95 bits per heavy atom. The summed E-state index contributed by atoms with van der Waals surface area (Å²) in [6.07, 6.45) is 0.756. The molecule has 21 heavy (non-hydrogen) atoms. The molecular formula is C15H16N2O4. The van der Waals surface area contributed by atoms with Gasteiger partial charge in [-0.3, -0.25) is 4.79 Å².